The van der Waals surface area contributed by atoms with Crippen molar-refractivity contribution in [3.63, 3.8) is 0 Å². The molecule has 0 aromatic heterocycles. The lowest BCUT2D eigenvalue weighted by atomic mass is 9.79. The van der Waals surface area contributed by atoms with Gasteiger partial charge in [-0.25, -0.2) is 4.39 Å². The quantitative estimate of drug-likeness (QED) is 0.633. The lowest BCUT2D eigenvalue weighted by molar-refractivity contribution is 0.423. The van der Waals surface area contributed by atoms with Gasteiger partial charge in [-0.1, -0.05) is 56.2 Å². The number of halogens is 1. The van der Waals surface area contributed by atoms with Crippen LogP contribution >= 0.6 is 0 Å². The van der Waals surface area contributed by atoms with Crippen LogP contribution in [0, 0.1) is 5.82 Å². The predicted molar refractivity (Wildman–Crippen MR) is 84.9 cm³/mol. The number of hydrogen-bond acceptors (Lipinski definition) is 2. The number of aryl methyl sites for hydroxylation is 1. The first-order chi connectivity index (χ1) is 10.1. The molecule has 2 N–H and O–H groups in total. The maximum absolute atomic E-state index is 13.9. The van der Waals surface area contributed by atoms with E-state index >= 15 is 0 Å². The molecule has 0 atom stereocenters. The maximum atomic E-state index is 13.9. The third-order valence-corrected chi connectivity index (χ3v) is 3.66. The monoisotopic (exact) mass is 286 g/mol. The molecule has 2 aromatic rings. The van der Waals surface area contributed by atoms with Crippen molar-refractivity contribution in [2.45, 2.75) is 32.6 Å². The van der Waals surface area contributed by atoms with Gasteiger partial charge in [0.05, 0.1) is 0 Å². The molecule has 0 unspecified atom stereocenters. The first-order valence-electron chi connectivity index (χ1n) is 7.37. The van der Waals surface area contributed by atoms with Gasteiger partial charge in [-0.15, -0.1) is 0 Å². The Morgan fingerprint density at radius 1 is 1.05 bits per heavy atom. The van der Waals surface area contributed by atoms with Gasteiger partial charge in [0, 0.05) is 5.46 Å². The largest absolute Gasteiger partial charge is 0.491 e. The van der Waals surface area contributed by atoms with Crippen molar-refractivity contribution in [1.82, 2.24) is 0 Å². The molecule has 0 saturated carbocycles. The average molecular weight is 286 g/mol. The van der Waals surface area contributed by atoms with Crippen LogP contribution in [0.1, 0.15) is 31.7 Å². The Hall–Kier alpha value is -1.65. The Morgan fingerprint density at radius 2 is 1.81 bits per heavy atom. The van der Waals surface area contributed by atoms with Crippen molar-refractivity contribution < 1.29 is 14.4 Å². The van der Waals surface area contributed by atoms with Crippen molar-refractivity contribution in [1.29, 1.82) is 0 Å². The topological polar surface area (TPSA) is 40.5 Å². The summed E-state index contributed by atoms with van der Waals surface area (Å²) in [6.07, 6.45) is 4.43. The normalized spacial score (nSPS) is 10.7. The van der Waals surface area contributed by atoms with Crippen LogP contribution in [0.4, 0.5) is 4.39 Å². The summed E-state index contributed by atoms with van der Waals surface area (Å²) in [4.78, 5) is 0. The van der Waals surface area contributed by atoms with Crippen LogP contribution < -0.4 is 5.46 Å². The first kappa shape index (κ1) is 15.7. The number of benzene rings is 2. The molecule has 0 fully saturated rings. The zero-order valence-electron chi connectivity index (χ0n) is 12.2. The molecule has 4 heteroatoms. The number of hydrogen-bond donors (Lipinski definition) is 2. The second-order valence-corrected chi connectivity index (χ2v) is 5.22. The van der Waals surface area contributed by atoms with E-state index in [4.69, 9.17) is 10.0 Å². The summed E-state index contributed by atoms with van der Waals surface area (Å²) in [5.74, 6) is -0.592. The molecule has 0 bridgehead atoms. The van der Waals surface area contributed by atoms with Crippen molar-refractivity contribution in [2.24, 2.45) is 0 Å². The molecule has 0 heterocycles. The summed E-state index contributed by atoms with van der Waals surface area (Å²) in [6, 6.07) is 12.5. The molecule has 0 saturated heterocycles. The highest BCUT2D eigenvalue weighted by molar-refractivity contribution is 6.58. The predicted octanol–water partition coefficient (Wildman–Crippen LogP) is 2.91. The third kappa shape index (κ3) is 3.93. The standard InChI is InChI=1S/C17H20BFO2/c1-2-3-4-7-13-8-5-6-9-15(13)14-10-11-16(18(20)21)17(19)12-14/h5-6,8-12,20-21H,2-4,7H2,1H3. The van der Waals surface area contributed by atoms with Crippen molar-refractivity contribution in [2.75, 3.05) is 0 Å². The van der Waals surface area contributed by atoms with E-state index in [0.717, 1.165) is 24.0 Å². The van der Waals surface area contributed by atoms with E-state index in [-0.39, 0.29) is 5.46 Å². The van der Waals surface area contributed by atoms with Crippen LogP contribution in [0.3, 0.4) is 0 Å². The van der Waals surface area contributed by atoms with Crippen LogP contribution in [0.15, 0.2) is 42.5 Å². The van der Waals surface area contributed by atoms with Crippen molar-refractivity contribution in [3.8, 4) is 11.1 Å². The van der Waals surface area contributed by atoms with Crippen LogP contribution in [0.5, 0.6) is 0 Å². The molecule has 21 heavy (non-hydrogen) atoms. The van der Waals surface area contributed by atoms with Crippen LogP contribution in [-0.4, -0.2) is 17.2 Å². The van der Waals surface area contributed by atoms with E-state index in [9.17, 15) is 4.39 Å². The first-order valence-corrected chi connectivity index (χ1v) is 7.37. The third-order valence-electron chi connectivity index (χ3n) is 3.66. The molecular formula is C17H20BFO2. The van der Waals surface area contributed by atoms with E-state index < -0.39 is 12.9 Å². The molecule has 0 spiro atoms. The van der Waals surface area contributed by atoms with Gasteiger partial charge in [0.25, 0.3) is 0 Å². The maximum Gasteiger partial charge on any atom is 0.491 e. The Balaban J connectivity index is 2.31. The Bertz CT molecular complexity index is 599. The fraction of sp³-hybridized carbons (Fsp3) is 0.294. The van der Waals surface area contributed by atoms with Crippen LogP contribution in [-0.2, 0) is 6.42 Å². The SMILES string of the molecule is CCCCCc1ccccc1-c1ccc(B(O)O)c(F)c1. The zero-order valence-corrected chi connectivity index (χ0v) is 12.2. The summed E-state index contributed by atoms with van der Waals surface area (Å²) in [6.45, 7) is 2.17. The van der Waals surface area contributed by atoms with Gasteiger partial charge in [0.2, 0.25) is 0 Å². The minimum absolute atomic E-state index is 0.0952. The van der Waals surface area contributed by atoms with E-state index in [1.807, 2.05) is 18.2 Å². The smallest absolute Gasteiger partial charge is 0.423 e. The summed E-state index contributed by atoms with van der Waals surface area (Å²) in [5.41, 5.74) is 2.88. The highest BCUT2D eigenvalue weighted by Crippen LogP contribution is 2.25. The highest BCUT2D eigenvalue weighted by atomic mass is 19.1. The molecule has 0 aliphatic heterocycles. The molecule has 2 rings (SSSR count). The second kappa shape index (κ2) is 7.39. The fourth-order valence-corrected chi connectivity index (χ4v) is 2.49. The van der Waals surface area contributed by atoms with Gasteiger partial charge in [-0.2, -0.15) is 0 Å². The molecular weight excluding hydrogens is 266 g/mol. The lowest BCUT2D eigenvalue weighted by Gasteiger charge is -2.11. The second-order valence-electron chi connectivity index (χ2n) is 5.22. The Kier molecular flexibility index (Phi) is 5.54. The minimum Gasteiger partial charge on any atom is -0.423 e. The Morgan fingerprint density at radius 3 is 2.48 bits per heavy atom. The van der Waals surface area contributed by atoms with Gasteiger partial charge in [-0.3, -0.25) is 0 Å². The molecule has 0 aliphatic rings. The molecule has 2 aromatic carbocycles. The average Bonchev–Trinajstić information content (AvgIpc) is 2.47. The summed E-state index contributed by atoms with van der Waals surface area (Å²) in [7, 11) is -1.78. The van der Waals surface area contributed by atoms with E-state index in [1.165, 1.54) is 30.5 Å². The lowest BCUT2D eigenvalue weighted by Crippen LogP contribution is -2.32. The van der Waals surface area contributed by atoms with Crippen LogP contribution in [0.2, 0.25) is 0 Å². The zero-order chi connectivity index (χ0) is 15.2. The van der Waals surface area contributed by atoms with E-state index in [2.05, 4.69) is 13.0 Å². The van der Waals surface area contributed by atoms with Crippen molar-refractivity contribution in [3.05, 3.63) is 53.8 Å². The minimum atomic E-state index is -1.78. The van der Waals surface area contributed by atoms with Crippen molar-refractivity contribution >= 4 is 12.6 Å². The van der Waals surface area contributed by atoms with E-state index in [0.29, 0.717) is 0 Å². The van der Waals surface area contributed by atoms with E-state index in [1.54, 1.807) is 6.07 Å². The number of unbranched alkanes of at least 4 members (excludes halogenated alkanes) is 2. The Labute approximate surface area is 125 Å². The highest BCUT2D eigenvalue weighted by Gasteiger charge is 2.17. The molecule has 0 amide bonds. The summed E-state index contributed by atoms with van der Waals surface area (Å²) < 4.78 is 13.9. The summed E-state index contributed by atoms with van der Waals surface area (Å²) >= 11 is 0. The molecule has 0 radical (unpaired) electrons. The molecule has 0 aliphatic carbocycles. The molecule has 110 valence electrons. The summed E-state index contributed by atoms with van der Waals surface area (Å²) in [5, 5.41) is 18.2. The number of rotatable bonds is 6. The van der Waals surface area contributed by atoms with Gasteiger partial charge < -0.3 is 10.0 Å². The van der Waals surface area contributed by atoms with Gasteiger partial charge in [-0.05, 0) is 35.6 Å². The van der Waals surface area contributed by atoms with Gasteiger partial charge >= 0.3 is 7.12 Å². The van der Waals surface area contributed by atoms with Gasteiger partial charge in [0.1, 0.15) is 5.82 Å². The van der Waals surface area contributed by atoms with Gasteiger partial charge in [0.15, 0.2) is 0 Å². The molecule has 2 nitrogen and oxygen atoms in total. The fourth-order valence-electron chi connectivity index (χ4n) is 2.49. The van der Waals surface area contributed by atoms with Crippen LogP contribution in [0.25, 0.3) is 11.1 Å².